The van der Waals surface area contributed by atoms with Gasteiger partial charge in [0, 0.05) is 43.5 Å². The van der Waals surface area contributed by atoms with Gasteiger partial charge in [-0.3, -0.25) is 9.59 Å². The molecule has 2 aliphatic rings. The van der Waals surface area contributed by atoms with E-state index in [-0.39, 0.29) is 11.8 Å². The van der Waals surface area contributed by atoms with Crippen molar-refractivity contribution in [2.24, 2.45) is 0 Å². The van der Waals surface area contributed by atoms with Crippen LogP contribution >= 0.6 is 0 Å². The van der Waals surface area contributed by atoms with Gasteiger partial charge in [0.15, 0.2) is 0 Å². The Labute approximate surface area is 188 Å². The molecule has 6 heteroatoms. The Morgan fingerprint density at radius 2 is 1.53 bits per heavy atom. The predicted octanol–water partition coefficient (Wildman–Crippen LogP) is 3.83. The molecule has 0 aliphatic carbocycles. The van der Waals surface area contributed by atoms with Gasteiger partial charge in [-0.25, -0.2) is 0 Å². The number of anilines is 1. The molecule has 1 fully saturated rings. The number of hydrogen-bond donors (Lipinski definition) is 0. The van der Waals surface area contributed by atoms with Crippen LogP contribution < -0.4 is 4.90 Å². The highest BCUT2D eigenvalue weighted by Crippen LogP contribution is 2.33. The third-order valence-corrected chi connectivity index (χ3v) is 6.51. The lowest BCUT2D eigenvalue weighted by Gasteiger charge is -2.35. The highest BCUT2D eigenvalue weighted by Gasteiger charge is 2.30. The van der Waals surface area contributed by atoms with E-state index < -0.39 is 0 Å². The summed E-state index contributed by atoms with van der Waals surface area (Å²) in [7, 11) is 0. The second kappa shape index (κ2) is 8.54. The van der Waals surface area contributed by atoms with Crippen LogP contribution in [0.2, 0.25) is 0 Å². The van der Waals surface area contributed by atoms with Gasteiger partial charge in [0.25, 0.3) is 11.8 Å². The summed E-state index contributed by atoms with van der Waals surface area (Å²) in [5, 5.41) is 0. The number of hydrogen-bond acceptors (Lipinski definition) is 4. The Bertz CT molecular complexity index is 1120. The van der Waals surface area contributed by atoms with Crippen molar-refractivity contribution in [3.63, 3.8) is 0 Å². The fourth-order valence-corrected chi connectivity index (χ4v) is 4.73. The van der Waals surface area contributed by atoms with E-state index in [1.807, 2.05) is 46.2 Å². The van der Waals surface area contributed by atoms with Crippen molar-refractivity contribution in [3.05, 3.63) is 89.4 Å². The van der Waals surface area contributed by atoms with Gasteiger partial charge >= 0.3 is 0 Å². The maximum Gasteiger partial charge on any atom is 0.257 e. The van der Waals surface area contributed by atoms with Gasteiger partial charge in [-0.15, -0.1) is 0 Å². The van der Waals surface area contributed by atoms with Crippen molar-refractivity contribution < 1.29 is 14.0 Å². The molecule has 0 N–H and O–H groups in total. The lowest BCUT2D eigenvalue weighted by molar-refractivity contribution is 0.0534. The summed E-state index contributed by atoms with van der Waals surface area (Å²) in [6.07, 6.45) is 2.60. The standard InChI is InChI=1S/C26H27N3O3/c1-19-17-21-9-5-6-10-23(21)29(19)18-24-22(11-16-32-24)26(31)28-14-12-27(13-15-28)25(30)20-7-3-2-4-8-20/h2-11,16,19H,12-15,17-18H2,1H3. The Kier molecular flexibility index (Phi) is 5.43. The summed E-state index contributed by atoms with van der Waals surface area (Å²) in [5.74, 6) is 0.686. The fraction of sp³-hybridized carbons (Fsp3) is 0.308. The minimum Gasteiger partial charge on any atom is -0.467 e. The van der Waals surface area contributed by atoms with Gasteiger partial charge in [0.1, 0.15) is 5.76 Å². The van der Waals surface area contributed by atoms with Crippen molar-refractivity contribution >= 4 is 17.5 Å². The second-order valence-electron chi connectivity index (χ2n) is 8.52. The quantitative estimate of drug-likeness (QED) is 0.633. The van der Waals surface area contributed by atoms with Crippen molar-refractivity contribution in [1.82, 2.24) is 9.80 Å². The number of fused-ring (bicyclic) bond motifs is 1. The van der Waals surface area contributed by atoms with Crippen molar-refractivity contribution in [2.75, 3.05) is 31.1 Å². The number of carbonyl (C=O) groups excluding carboxylic acids is 2. The molecule has 3 aromatic rings. The Morgan fingerprint density at radius 1 is 0.875 bits per heavy atom. The van der Waals surface area contributed by atoms with Gasteiger partial charge in [-0.05, 0) is 43.2 Å². The van der Waals surface area contributed by atoms with E-state index in [2.05, 4.69) is 30.0 Å². The van der Waals surface area contributed by atoms with E-state index in [0.717, 1.165) is 6.42 Å². The lowest BCUT2D eigenvalue weighted by Crippen LogP contribution is -2.50. The Hall–Kier alpha value is -3.54. The minimum atomic E-state index is -0.0271. The molecule has 0 saturated carbocycles. The van der Waals surface area contributed by atoms with Crippen LogP contribution in [0.5, 0.6) is 0 Å². The van der Waals surface area contributed by atoms with Crippen molar-refractivity contribution in [1.29, 1.82) is 0 Å². The molecule has 1 atom stereocenters. The number of para-hydroxylation sites is 1. The number of piperazine rings is 1. The van der Waals surface area contributed by atoms with E-state index >= 15 is 0 Å². The predicted molar refractivity (Wildman–Crippen MR) is 123 cm³/mol. The summed E-state index contributed by atoms with van der Waals surface area (Å²) in [6.45, 7) is 4.87. The zero-order chi connectivity index (χ0) is 22.1. The molecule has 3 heterocycles. The van der Waals surface area contributed by atoms with Crippen LogP contribution in [0.4, 0.5) is 5.69 Å². The average Bonchev–Trinajstić information content (AvgIpc) is 3.43. The highest BCUT2D eigenvalue weighted by molar-refractivity contribution is 5.96. The average molecular weight is 430 g/mol. The highest BCUT2D eigenvalue weighted by atomic mass is 16.3. The van der Waals surface area contributed by atoms with Crippen molar-refractivity contribution in [2.45, 2.75) is 25.9 Å². The summed E-state index contributed by atoms with van der Waals surface area (Å²) >= 11 is 0. The van der Waals surface area contributed by atoms with Crippen LogP contribution in [-0.4, -0.2) is 53.8 Å². The molecule has 6 nitrogen and oxygen atoms in total. The summed E-state index contributed by atoms with van der Waals surface area (Å²) < 4.78 is 5.77. The maximum absolute atomic E-state index is 13.3. The number of benzene rings is 2. The number of amides is 2. The Morgan fingerprint density at radius 3 is 2.28 bits per heavy atom. The largest absolute Gasteiger partial charge is 0.467 e. The Balaban J connectivity index is 1.25. The van der Waals surface area contributed by atoms with Gasteiger partial charge in [-0.1, -0.05) is 36.4 Å². The molecule has 0 spiro atoms. The number of nitrogens with zero attached hydrogens (tertiary/aromatic N) is 3. The normalized spacial score (nSPS) is 18.0. The van der Waals surface area contributed by atoms with Crippen LogP contribution in [-0.2, 0) is 13.0 Å². The van der Waals surface area contributed by atoms with Gasteiger partial charge in [0.2, 0.25) is 0 Å². The fourth-order valence-electron chi connectivity index (χ4n) is 4.73. The third kappa shape index (κ3) is 3.77. The SMILES string of the molecule is CC1Cc2ccccc2N1Cc1occc1C(=O)N1CCN(C(=O)c2ccccc2)CC1. The lowest BCUT2D eigenvalue weighted by atomic mass is 10.1. The van der Waals surface area contributed by atoms with Gasteiger partial charge < -0.3 is 19.1 Å². The molecule has 1 unspecified atom stereocenters. The first kappa shape index (κ1) is 20.4. The molecular formula is C26H27N3O3. The third-order valence-electron chi connectivity index (χ3n) is 6.51. The first-order chi connectivity index (χ1) is 15.6. The monoisotopic (exact) mass is 429 g/mol. The molecule has 2 amide bonds. The summed E-state index contributed by atoms with van der Waals surface area (Å²) in [6, 6.07) is 19.8. The van der Waals surface area contributed by atoms with Gasteiger partial charge in [0.05, 0.1) is 18.4 Å². The molecule has 32 heavy (non-hydrogen) atoms. The zero-order valence-electron chi connectivity index (χ0n) is 18.2. The number of furan rings is 1. The van der Waals surface area contributed by atoms with E-state index in [9.17, 15) is 9.59 Å². The molecule has 1 saturated heterocycles. The summed E-state index contributed by atoms with van der Waals surface area (Å²) in [4.78, 5) is 31.9. The molecule has 0 bridgehead atoms. The first-order valence-electron chi connectivity index (χ1n) is 11.2. The first-order valence-corrected chi connectivity index (χ1v) is 11.2. The molecule has 2 aromatic carbocycles. The van der Waals surface area contributed by atoms with Crippen LogP contribution in [0.25, 0.3) is 0 Å². The molecular weight excluding hydrogens is 402 g/mol. The van der Waals surface area contributed by atoms with Gasteiger partial charge in [-0.2, -0.15) is 0 Å². The van der Waals surface area contributed by atoms with E-state index in [1.54, 1.807) is 12.3 Å². The van der Waals surface area contributed by atoms with Crippen LogP contribution in [0.15, 0.2) is 71.3 Å². The second-order valence-corrected chi connectivity index (χ2v) is 8.52. The molecule has 2 aliphatic heterocycles. The number of carbonyl (C=O) groups is 2. The minimum absolute atomic E-state index is 0.0170. The molecule has 5 rings (SSSR count). The van der Waals surface area contributed by atoms with E-state index in [0.29, 0.717) is 55.7 Å². The maximum atomic E-state index is 13.3. The zero-order valence-corrected chi connectivity index (χ0v) is 18.2. The van der Waals surface area contributed by atoms with E-state index in [4.69, 9.17) is 4.42 Å². The molecule has 0 radical (unpaired) electrons. The van der Waals surface area contributed by atoms with E-state index in [1.165, 1.54) is 11.3 Å². The van der Waals surface area contributed by atoms with Crippen LogP contribution in [0, 0.1) is 0 Å². The molecule has 1 aromatic heterocycles. The van der Waals surface area contributed by atoms with Crippen LogP contribution in [0.1, 0.15) is 39.0 Å². The van der Waals surface area contributed by atoms with Crippen molar-refractivity contribution in [3.8, 4) is 0 Å². The molecule has 164 valence electrons. The topological polar surface area (TPSA) is 57.0 Å². The van der Waals surface area contributed by atoms with Crippen LogP contribution in [0.3, 0.4) is 0 Å². The smallest absolute Gasteiger partial charge is 0.257 e. The number of rotatable bonds is 4. The summed E-state index contributed by atoms with van der Waals surface area (Å²) in [5.41, 5.74) is 3.84.